The molecule has 23 heavy (non-hydrogen) atoms. The van der Waals surface area contributed by atoms with E-state index in [2.05, 4.69) is 26.9 Å². The van der Waals surface area contributed by atoms with Gasteiger partial charge < -0.3 is 9.63 Å². The average molecular weight is 316 g/mol. The van der Waals surface area contributed by atoms with Gasteiger partial charge in [-0.1, -0.05) is 35.5 Å². The van der Waals surface area contributed by atoms with Gasteiger partial charge in [0.15, 0.2) is 0 Å². The third-order valence-corrected chi connectivity index (χ3v) is 4.31. The van der Waals surface area contributed by atoms with Gasteiger partial charge in [-0.25, -0.2) is 0 Å². The summed E-state index contributed by atoms with van der Waals surface area (Å²) in [5.74, 6) is 1.30. The van der Waals surface area contributed by atoms with Crippen molar-refractivity contribution in [2.75, 3.05) is 32.7 Å². The Balaban J connectivity index is 1.61. The molecular weight excluding hydrogens is 292 g/mol. The molecule has 2 atom stereocenters. The molecule has 2 heterocycles. The predicted molar refractivity (Wildman–Crippen MR) is 87.8 cm³/mol. The van der Waals surface area contributed by atoms with E-state index in [1.54, 1.807) is 0 Å². The Kier molecular flexibility index (Phi) is 5.05. The quantitative estimate of drug-likeness (QED) is 0.907. The van der Waals surface area contributed by atoms with E-state index >= 15 is 0 Å². The highest BCUT2D eigenvalue weighted by molar-refractivity contribution is 5.53. The maximum Gasteiger partial charge on any atom is 0.244 e. The predicted octanol–water partition coefficient (Wildman–Crippen LogP) is 1.80. The maximum absolute atomic E-state index is 9.48. The molecule has 3 rings (SSSR count). The average Bonchev–Trinajstić information content (AvgIpc) is 3.05. The largest absolute Gasteiger partial charge is 0.392 e. The van der Waals surface area contributed by atoms with Crippen LogP contribution in [-0.4, -0.2) is 63.9 Å². The van der Waals surface area contributed by atoms with Crippen molar-refractivity contribution in [3.05, 3.63) is 36.2 Å². The van der Waals surface area contributed by atoms with Crippen molar-refractivity contribution in [2.24, 2.45) is 0 Å². The summed E-state index contributed by atoms with van der Waals surface area (Å²) in [6, 6.07) is 9.97. The lowest BCUT2D eigenvalue weighted by Crippen LogP contribution is -2.48. The van der Waals surface area contributed by atoms with Gasteiger partial charge in [-0.05, 0) is 13.8 Å². The second-order valence-corrected chi connectivity index (χ2v) is 6.18. The highest BCUT2D eigenvalue weighted by atomic mass is 16.5. The zero-order valence-electron chi connectivity index (χ0n) is 13.7. The molecular formula is C17H24N4O2. The molecule has 1 fully saturated rings. The van der Waals surface area contributed by atoms with Crippen molar-refractivity contribution in [1.82, 2.24) is 19.9 Å². The first kappa shape index (κ1) is 16.1. The summed E-state index contributed by atoms with van der Waals surface area (Å²) in [5.41, 5.74) is 0.969. The zero-order chi connectivity index (χ0) is 16.2. The minimum Gasteiger partial charge on any atom is -0.392 e. The Morgan fingerprint density at radius 2 is 1.83 bits per heavy atom. The summed E-state index contributed by atoms with van der Waals surface area (Å²) in [6.07, 6.45) is -0.275. The Labute approximate surface area is 136 Å². The van der Waals surface area contributed by atoms with Crippen LogP contribution in [0.5, 0.6) is 0 Å². The van der Waals surface area contributed by atoms with Gasteiger partial charge in [-0.2, -0.15) is 4.98 Å². The van der Waals surface area contributed by atoms with Gasteiger partial charge in [0.25, 0.3) is 0 Å². The highest BCUT2D eigenvalue weighted by Gasteiger charge is 2.26. The number of aromatic nitrogens is 2. The molecule has 0 amide bonds. The first-order valence-corrected chi connectivity index (χ1v) is 8.17. The van der Waals surface area contributed by atoms with Crippen molar-refractivity contribution in [2.45, 2.75) is 26.0 Å². The smallest absolute Gasteiger partial charge is 0.244 e. The van der Waals surface area contributed by atoms with Crippen LogP contribution in [0.15, 0.2) is 34.9 Å². The molecule has 1 aliphatic rings. The summed E-state index contributed by atoms with van der Waals surface area (Å²) in [7, 11) is 0. The number of β-amino-alcohol motifs (C(OH)–C–C–N with tert-alkyl or cyclic N) is 1. The first-order valence-electron chi connectivity index (χ1n) is 8.17. The molecule has 0 aliphatic carbocycles. The number of nitrogens with zero attached hydrogens (tertiary/aromatic N) is 4. The summed E-state index contributed by atoms with van der Waals surface area (Å²) in [6.45, 7) is 8.46. The number of hydrogen-bond donors (Lipinski definition) is 1. The highest BCUT2D eigenvalue weighted by Crippen LogP contribution is 2.23. The Bertz CT molecular complexity index is 606. The van der Waals surface area contributed by atoms with Crippen LogP contribution in [0.3, 0.4) is 0 Å². The molecule has 124 valence electrons. The van der Waals surface area contributed by atoms with Gasteiger partial charge in [0, 0.05) is 38.3 Å². The van der Waals surface area contributed by atoms with Crippen LogP contribution >= 0.6 is 0 Å². The molecule has 0 radical (unpaired) electrons. The molecule has 1 N–H and O–H groups in total. The topological polar surface area (TPSA) is 65.6 Å². The van der Waals surface area contributed by atoms with Crippen molar-refractivity contribution in [3.8, 4) is 11.4 Å². The molecule has 6 nitrogen and oxygen atoms in total. The molecule has 1 saturated heterocycles. The lowest BCUT2D eigenvalue weighted by molar-refractivity contribution is 0.0582. The van der Waals surface area contributed by atoms with Crippen LogP contribution in [0.2, 0.25) is 0 Å². The number of hydrogen-bond acceptors (Lipinski definition) is 6. The summed E-state index contributed by atoms with van der Waals surface area (Å²) >= 11 is 0. The van der Waals surface area contributed by atoms with Gasteiger partial charge in [-0.15, -0.1) is 0 Å². The summed E-state index contributed by atoms with van der Waals surface area (Å²) in [5, 5.41) is 13.6. The first-order chi connectivity index (χ1) is 11.1. The van der Waals surface area contributed by atoms with Crippen molar-refractivity contribution < 1.29 is 9.63 Å². The van der Waals surface area contributed by atoms with Crippen molar-refractivity contribution in [1.29, 1.82) is 0 Å². The second kappa shape index (κ2) is 7.21. The molecule has 2 aromatic rings. The SMILES string of the molecule is CC(O)CN1CCN(C(C)c2nc(-c3ccccc3)no2)CC1. The van der Waals surface area contributed by atoms with Crippen LogP contribution < -0.4 is 0 Å². The van der Waals surface area contributed by atoms with Gasteiger partial charge in [-0.3, -0.25) is 9.80 Å². The lowest BCUT2D eigenvalue weighted by atomic mass is 10.2. The Morgan fingerprint density at radius 1 is 1.13 bits per heavy atom. The third-order valence-electron chi connectivity index (χ3n) is 4.31. The van der Waals surface area contributed by atoms with E-state index in [0.29, 0.717) is 11.7 Å². The zero-order valence-corrected chi connectivity index (χ0v) is 13.7. The monoisotopic (exact) mass is 316 g/mol. The van der Waals surface area contributed by atoms with Crippen LogP contribution in [0.25, 0.3) is 11.4 Å². The minimum atomic E-state index is -0.275. The standard InChI is InChI=1S/C17H24N4O2/c1-13(22)12-20-8-10-21(11-9-20)14(2)17-18-16(19-23-17)15-6-4-3-5-7-15/h3-7,13-14,22H,8-12H2,1-2H3. The Hall–Kier alpha value is -1.76. The van der Waals surface area contributed by atoms with Crippen LogP contribution in [0.4, 0.5) is 0 Å². The van der Waals surface area contributed by atoms with Crippen molar-refractivity contribution >= 4 is 0 Å². The summed E-state index contributed by atoms with van der Waals surface area (Å²) in [4.78, 5) is 9.19. The fourth-order valence-corrected chi connectivity index (χ4v) is 2.97. The van der Waals surface area contributed by atoms with E-state index in [9.17, 15) is 5.11 Å². The fraction of sp³-hybridized carbons (Fsp3) is 0.529. The molecule has 6 heteroatoms. The summed E-state index contributed by atoms with van der Waals surface area (Å²) < 4.78 is 5.47. The van der Waals surface area contributed by atoms with Crippen LogP contribution in [0, 0.1) is 0 Å². The fourth-order valence-electron chi connectivity index (χ4n) is 2.97. The molecule has 0 bridgehead atoms. The molecule has 2 unspecified atom stereocenters. The van der Waals surface area contributed by atoms with E-state index in [1.165, 1.54) is 0 Å². The van der Waals surface area contributed by atoms with E-state index < -0.39 is 0 Å². The Morgan fingerprint density at radius 3 is 2.48 bits per heavy atom. The van der Waals surface area contributed by atoms with Gasteiger partial charge in [0.2, 0.25) is 11.7 Å². The van der Waals surface area contributed by atoms with E-state index in [0.717, 1.165) is 38.3 Å². The van der Waals surface area contributed by atoms with Gasteiger partial charge >= 0.3 is 0 Å². The second-order valence-electron chi connectivity index (χ2n) is 6.18. The number of aliphatic hydroxyl groups is 1. The molecule has 0 spiro atoms. The van der Waals surface area contributed by atoms with Gasteiger partial charge in [0.05, 0.1) is 12.1 Å². The number of aliphatic hydroxyl groups excluding tert-OH is 1. The molecule has 1 aromatic carbocycles. The van der Waals surface area contributed by atoms with Crippen molar-refractivity contribution in [3.63, 3.8) is 0 Å². The van der Waals surface area contributed by atoms with E-state index in [1.807, 2.05) is 37.3 Å². The van der Waals surface area contributed by atoms with E-state index in [-0.39, 0.29) is 12.1 Å². The van der Waals surface area contributed by atoms with Gasteiger partial charge in [0.1, 0.15) is 0 Å². The normalized spacial score (nSPS) is 19.6. The number of piperazine rings is 1. The van der Waals surface area contributed by atoms with Crippen LogP contribution in [-0.2, 0) is 0 Å². The number of rotatable bonds is 5. The molecule has 1 aromatic heterocycles. The van der Waals surface area contributed by atoms with Crippen LogP contribution in [0.1, 0.15) is 25.8 Å². The minimum absolute atomic E-state index is 0.105. The molecule has 1 aliphatic heterocycles. The van der Waals surface area contributed by atoms with E-state index in [4.69, 9.17) is 4.52 Å². The number of benzene rings is 1. The third kappa shape index (κ3) is 3.96. The maximum atomic E-state index is 9.48. The molecule has 0 saturated carbocycles. The lowest BCUT2D eigenvalue weighted by Gasteiger charge is -2.37.